The molecule has 1 N–H and O–H groups in total. The molecule has 12 heteroatoms. The minimum atomic E-state index is -1.18. The molecule has 0 radical (unpaired) electrons. The van der Waals surface area contributed by atoms with Gasteiger partial charge in [0.05, 0.1) is 12.6 Å². The van der Waals surface area contributed by atoms with Crippen molar-refractivity contribution in [2.75, 3.05) is 25.1 Å². The molecule has 0 aromatic heterocycles. The van der Waals surface area contributed by atoms with E-state index in [1.165, 1.54) is 29.2 Å². The van der Waals surface area contributed by atoms with E-state index in [1.54, 1.807) is 52.8 Å². The summed E-state index contributed by atoms with van der Waals surface area (Å²) in [4.78, 5) is 31.4. The molecule has 2 aliphatic rings. The van der Waals surface area contributed by atoms with Crippen LogP contribution in [0.15, 0.2) is 47.6 Å². The van der Waals surface area contributed by atoms with Crippen LogP contribution in [0.5, 0.6) is 0 Å². The van der Waals surface area contributed by atoms with E-state index in [-0.39, 0.29) is 30.2 Å². The molecule has 2 aromatic carbocycles. The van der Waals surface area contributed by atoms with Gasteiger partial charge in [-0.15, -0.1) is 0 Å². The van der Waals surface area contributed by atoms with E-state index in [2.05, 4.69) is 15.3 Å². The maximum absolute atomic E-state index is 15.3. The average Bonchev–Trinajstić information content (AvgIpc) is 3.27. The van der Waals surface area contributed by atoms with E-state index in [0.29, 0.717) is 38.0 Å². The number of carbonyl (C=O) groups excluding carboxylic acids is 2. The Morgan fingerprint density at radius 2 is 1.84 bits per heavy atom. The molecule has 3 atom stereocenters. The molecule has 0 bridgehead atoms. The summed E-state index contributed by atoms with van der Waals surface area (Å²) >= 11 is 0. The Morgan fingerprint density at radius 3 is 2.48 bits per heavy atom. The molecule has 2 aromatic rings. The van der Waals surface area contributed by atoms with Gasteiger partial charge >= 0.3 is 6.09 Å². The van der Waals surface area contributed by atoms with Gasteiger partial charge in [-0.25, -0.2) is 13.6 Å². The summed E-state index contributed by atoms with van der Waals surface area (Å²) in [6, 6.07) is 8.62. The third kappa shape index (κ3) is 8.05. The van der Waals surface area contributed by atoms with E-state index >= 15 is 4.39 Å². The molecule has 2 saturated heterocycles. The van der Waals surface area contributed by atoms with Gasteiger partial charge in [-0.05, 0) is 102 Å². The zero-order valence-electron chi connectivity index (χ0n) is 25.9. The molecule has 0 saturated carbocycles. The van der Waals surface area contributed by atoms with Crippen LogP contribution in [0.1, 0.15) is 70.9 Å². The van der Waals surface area contributed by atoms with Crippen LogP contribution in [-0.2, 0) is 25.4 Å². The summed E-state index contributed by atoms with van der Waals surface area (Å²) in [7, 11) is 0. The molecule has 4 rings (SSSR count). The maximum Gasteiger partial charge on any atom is 0.412 e. The summed E-state index contributed by atoms with van der Waals surface area (Å²) in [6.45, 7) is 10.1. The summed E-state index contributed by atoms with van der Waals surface area (Å²) in [5.74, 6) is -2.16. The summed E-state index contributed by atoms with van der Waals surface area (Å²) < 4.78 is 46.1. The first kappa shape index (κ1) is 33.2. The second-order valence-electron chi connectivity index (χ2n) is 12.7. The second kappa shape index (κ2) is 13.9. The zero-order chi connectivity index (χ0) is 32.1. The van der Waals surface area contributed by atoms with Gasteiger partial charge in [0.2, 0.25) is 5.91 Å². The molecule has 0 aliphatic carbocycles. The van der Waals surface area contributed by atoms with Crippen LogP contribution in [0.25, 0.3) is 10.4 Å². The van der Waals surface area contributed by atoms with Crippen LogP contribution < -0.4 is 5.32 Å². The third-order valence-corrected chi connectivity index (χ3v) is 8.08. The number of carbonyl (C=O) groups is 2. The highest BCUT2D eigenvalue weighted by Gasteiger charge is 2.45. The normalized spacial score (nSPS) is 20.0. The fourth-order valence-corrected chi connectivity index (χ4v) is 6.04. The van der Waals surface area contributed by atoms with Gasteiger partial charge in [0, 0.05) is 35.3 Å². The molecule has 44 heavy (non-hydrogen) atoms. The molecule has 0 spiro atoms. The van der Waals surface area contributed by atoms with E-state index in [9.17, 15) is 19.5 Å². The van der Waals surface area contributed by atoms with E-state index in [1.807, 2.05) is 0 Å². The quantitative estimate of drug-likeness (QED) is 0.183. The smallest absolute Gasteiger partial charge is 0.412 e. The number of hydrogen-bond donors (Lipinski definition) is 1. The van der Waals surface area contributed by atoms with E-state index < -0.39 is 53.0 Å². The van der Waals surface area contributed by atoms with Crippen LogP contribution >= 0.6 is 0 Å². The maximum atomic E-state index is 15.3. The summed E-state index contributed by atoms with van der Waals surface area (Å²) in [5.41, 5.74) is 8.98. The molecule has 2 aliphatic heterocycles. The molecule has 10 nitrogen and oxygen atoms in total. The minimum absolute atomic E-state index is 0.0630. The number of amides is 2. The number of anilines is 1. The fraction of sp³-hybridized carbons (Fsp3) is 0.562. The minimum Gasteiger partial charge on any atom is -0.444 e. The Balaban J connectivity index is 1.58. The molecule has 2 heterocycles. The Hall–Kier alpha value is -3.73. The molecular weight excluding hydrogens is 572 g/mol. The van der Waals surface area contributed by atoms with Crippen molar-refractivity contribution in [2.24, 2.45) is 11.0 Å². The highest BCUT2D eigenvalue weighted by molar-refractivity contribution is 5.96. The lowest BCUT2D eigenvalue weighted by atomic mass is 9.76. The van der Waals surface area contributed by atoms with Gasteiger partial charge in [0.25, 0.3) is 0 Å². The number of nitrogens with zero attached hydrogens (tertiary/aromatic N) is 4. The first-order valence-electron chi connectivity index (χ1n) is 14.9. The molecular formula is C32H41F2N5O5. The predicted octanol–water partition coefficient (Wildman–Crippen LogP) is 7.10. The van der Waals surface area contributed by atoms with Gasteiger partial charge in [-0.2, -0.15) is 0 Å². The Labute approximate surface area is 256 Å². The molecule has 2 unspecified atom stereocenters. The SMILES string of the molecule is CC(C)(C)OC(=O)N1C(CCc2c(F)cccc2NC(=O)[C@@H](N=[N+]=[N-])C(c2ccc(F)cc2)C2CCOCC2)COC1(C)C. The van der Waals surface area contributed by atoms with E-state index in [0.717, 1.165) is 0 Å². The van der Waals surface area contributed by atoms with Crippen molar-refractivity contribution in [3.05, 3.63) is 75.7 Å². The van der Waals surface area contributed by atoms with Crippen molar-refractivity contribution in [1.82, 2.24) is 4.90 Å². The van der Waals surface area contributed by atoms with Crippen molar-refractivity contribution >= 4 is 17.7 Å². The first-order chi connectivity index (χ1) is 20.8. The van der Waals surface area contributed by atoms with Crippen molar-refractivity contribution in [3.63, 3.8) is 0 Å². The van der Waals surface area contributed by atoms with Crippen LogP contribution in [0.4, 0.5) is 19.3 Å². The number of rotatable bonds is 9. The second-order valence-corrected chi connectivity index (χ2v) is 12.7. The highest BCUT2D eigenvalue weighted by atomic mass is 19.1. The standard InChI is InChI=1S/C32H41F2N5O5/c1-31(2,3)44-30(41)39-23(19-43-32(39,4)5)13-14-24-25(34)7-6-8-26(24)36-29(40)28(37-38-35)27(21-15-17-42-18-16-21)20-9-11-22(33)12-10-20/h6-12,21,23,27-28H,13-19H2,1-5H3,(H,36,40)/t23?,27?,28-/m0/s1. The number of azide groups is 1. The van der Waals surface area contributed by atoms with E-state index in [4.69, 9.17) is 14.2 Å². The Kier molecular flexibility index (Phi) is 10.5. The topological polar surface area (TPSA) is 126 Å². The number of benzene rings is 2. The lowest BCUT2D eigenvalue weighted by Gasteiger charge is -2.35. The van der Waals surface area contributed by atoms with Crippen LogP contribution in [0, 0.1) is 17.6 Å². The van der Waals surface area contributed by atoms with Crippen LogP contribution in [0.3, 0.4) is 0 Å². The van der Waals surface area contributed by atoms with Crippen molar-refractivity contribution in [2.45, 2.75) is 89.6 Å². The number of nitrogens with one attached hydrogen (secondary N) is 1. The van der Waals surface area contributed by atoms with Gasteiger partial charge < -0.3 is 19.5 Å². The van der Waals surface area contributed by atoms with Gasteiger partial charge in [-0.1, -0.05) is 23.3 Å². The molecule has 238 valence electrons. The van der Waals surface area contributed by atoms with Crippen molar-refractivity contribution in [3.8, 4) is 0 Å². The first-order valence-corrected chi connectivity index (χ1v) is 14.9. The summed E-state index contributed by atoms with van der Waals surface area (Å²) in [6.07, 6.45) is 1.26. The zero-order valence-corrected chi connectivity index (χ0v) is 25.9. The number of halogens is 2. The summed E-state index contributed by atoms with van der Waals surface area (Å²) in [5, 5.41) is 6.70. The van der Waals surface area contributed by atoms with Gasteiger partial charge in [-0.3, -0.25) is 9.69 Å². The van der Waals surface area contributed by atoms with Gasteiger partial charge in [0.15, 0.2) is 0 Å². The number of hydrogen-bond acceptors (Lipinski definition) is 6. The molecule has 2 fully saturated rings. The lowest BCUT2D eigenvalue weighted by molar-refractivity contribution is -0.118. The lowest BCUT2D eigenvalue weighted by Crippen LogP contribution is -2.50. The predicted molar refractivity (Wildman–Crippen MR) is 161 cm³/mol. The van der Waals surface area contributed by atoms with Crippen LogP contribution in [-0.4, -0.2) is 60.1 Å². The fourth-order valence-electron chi connectivity index (χ4n) is 6.04. The average molecular weight is 614 g/mol. The number of ether oxygens (including phenoxy) is 3. The monoisotopic (exact) mass is 613 g/mol. The van der Waals surface area contributed by atoms with Crippen molar-refractivity contribution < 1.29 is 32.6 Å². The largest absolute Gasteiger partial charge is 0.444 e. The Morgan fingerprint density at radius 1 is 1.16 bits per heavy atom. The highest BCUT2D eigenvalue weighted by Crippen LogP contribution is 2.38. The Bertz CT molecular complexity index is 1370. The van der Waals surface area contributed by atoms with Crippen LogP contribution in [0.2, 0.25) is 0 Å². The van der Waals surface area contributed by atoms with Crippen molar-refractivity contribution in [1.29, 1.82) is 0 Å². The molecule has 2 amide bonds. The third-order valence-electron chi connectivity index (χ3n) is 8.08. The van der Waals surface area contributed by atoms with Gasteiger partial charge in [0.1, 0.15) is 29.0 Å².